The number of halogens is 1. The maximum Gasteiger partial charge on any atom is 0.251 e. The van der Waals surface area contributed by atoms with Gasteiger partial charge in [0.15, 0.2) is 11.6 Å². The molecule has 0 fully saturated rings. The minimum Gasteiger partial charge on any atom is -0.494 e. The zero-order valence-corrected chi connectivity index (χ0v) is 27.0. The second-order valence-electron chi connectivity index (χ2n) is 11.7. The number of rotatable bonds is 17. The number of aromatic nitrogens is 2. The number of amides is 1. The molecule has 44 heavy (non-hydrogen) atoms. The molecule has 0 aliphatic rings. The van der Waals surface area contributed by atoms with Crippen LogP contribution in [0.1, 0.15) is 67.2 Å². The van der Waals surface area contributed by atoms with Crippen LogP contribution in [0.3, 0.4) is 0 Å². The molecule has 1 aromatic heterocycles. The fourth-order valence-electron chi connectivity index (χ4n) is 5.05. The number of carbonyl (C=O) groups is 1. The largest absolute Gasteiger partial charge is 0.494 e. The van der Waals surface area contributed by atoms with Crippen LogP contribution >= 0.6 is 0 Å². The lowest BCUT2D eigenvalue weighted by Gasteiger charge is -2.21. The van der Waals surface area contributed by atoms with Crippen molar-refractivity contribution in [2.75, 3.05) is 45.3 Å². The fourth-order valence-corrected chi connectivity index (χ4v) is 5.05. The molecule has 0 bridgehead atoms. The fraction of sp³-hybridized carbons (Fsp3) is 0.441. The number of anilines is 3. The number of nitrogens with zero attached hydrogens (tertiary/aromatic N) is 3. The van der Waals surface area contributed by atoms with Gasteiger partial charge in [0, 0.05) is 60.4 Å². The van der Waals surface area contributed by atoms with E-state index >= 15 is 0 Å². The second kappa shape index (κ2) is 16.7. The van der Waals surface area contributed by atoms with E-state index in [9.17, 15) is 9.18 Å². The summed E-state index contributed by atoms with van der Waals surface area (Å²) in [6.07, 6.45) is 5.36. The molecule has 10 heteroatoms. The highest BCUT2D eigenvalue weighted by atomic mass is 19.1. The third-order valence-corrected chi connectivity index (χ3v) is 7.27. The molecule has 0 spiro atoms. The topological polar surface area (TPSA) is 117 Å². The van der Waals surface area contributed by atoms with Crippen LogP contribution in [0.4, 0.5) is 21.7 Å². The molecule has 238 valence electrons. The standard InChI is InChI=1S/C34H48FN7O2/c1-8-24-19-39-34(40-27-12-13-29(35)32(18-27)44-7)41-31(24)20-38-26(16-22(2)3)10-9-15-37-33(43)25-11-14-30(36)28(17-25)23(4)21-42(5)6/h11-14,17-19,22,26,38H,4,8-10,15-16,20-21,36H2,1-3,5-7H3,(H,37,43)(H,39,40,41). The maximum absolute atomic E-state index is 13.8. The van der Waals surface area contributed by atoms with E-state index in [0.29, 0.717) is 48.4 Å². The summed E-state index contributed by atoms with van der Waals surface area (Å²) in [4.78, 5) is 24.2. The van der Waals surface area contributed by atoms with E-state index in [1.165, 1.54) is 13.2 Å². The van der Waals surface area contributed by atoms with Gasteiger partial charge in [-0.05, 0) is 87.2 Å². The SMILES string of the molecule is C=C(CN(C)C)c1cc(C(=O)NCCCC(CC(C)C)NCc2nc(Nc3ccc(F)c(OC)c3)ncc2CC)ccc1N. The molecule has 5 N–H and O–H groups in total. The lowest BCUT2D eigenvalue weighted by atomic mass is 9.99. The average Bonchev–Trinajstić information content (AvgIpc) is 2.98. The zero-order valence-electron chi connectivity index (χ0n) is 27.0. The summed E-state index contributed by atoms with van der Waals surface area (Å²) < 4.78 is 18.9. The highest BCUT2D eigenvalue weighted by Gasteiger charge is 2.15. The van der Waals surface area contributed by atoms with Crippen LogP contribution in [0.5, 0.6) is 5.75 Å². The van der Waals surface area contributed by atoms with Crippen molar-refractivity contribution in [3.63, 3.8) is 0 Å². The Hall–Kier alpha value is -4.02. The van der Waals surface area contributed by atoms with E-state index in [1.807, 2.05) is 31.3 Å². The summed E-state index contributed by atoms with van der Waals surface area (Å²) in [5.41, 5.74) is 11.6. The summed E-state index contributed by atoms with van der Waals surface area (Å²) in [6, 6.07) is 10.1. The quantitative estimate of drug-likeness (QED) is 0.113. The van der Waals surface area contributed by atoms with E-state index in [2.05, 4.69) is 48.3 Å². The minimum atomic E-state index is -0.428. The molecule has 0 saturated heterocycles. The van der Waals surface area contributed by atoms with Crippen LogP contribution in [-0.4, -0.2) is 61.1 Å². The number of ether oxygens (including phenoxy) is 1. The van der Waals surface area contributed by atoms with Crippen molar-refractivity contribution >= 4 is 28.8 Å². The average molecular weight is 606 g/mol. The Balaban J connectivity index is 1.59. The van der Waals surface area contributed by atoms with Gasteiger partial charge in [-0.3, -0.25) is 4.79 Å². The van der Waals surface area contributed by atoms with Gasteiger partial charge in [0.2, 0.25) is 5.95 Å². The van der Waals surface area contributed by atoms with Crippen LogP contribution in [0, 0.1) is 11.7 Å². The smallest absolute Gasteiger partial charge is 0.251 e. The van der Waals surface area contributed by atoms with Crippen LogP contribution in [0.2, 0.25) is 0 Å². The van der Waals surface area contributed by atoms with Crippen molar-refractivity contribution in [3.8, 4) is 5.75 Å². The molecular formula is C34H48FN7O2. The monoisotopic (exact) mass is 605 g/mol. The van der Waals surface area contributed by atoms with Crippen LogP contribution < -0.4 is 26.4 Å². The Morgan fingerprint density at radius 1 is 1.18 bits per heavy atom. The molecule has 1 atom stereocenters. The molecule has 9 nitrogen and oxygen atoms in total. The number of hydrogen-bond donors (Lipinski definition) is 4. The predicted octanol–water partition coefficient (Wildman–Crippen LogP) is 5.80. The van der Waals surface area contributed by atoms with Crippen LogP contribution in [-0.2, 0) is 13.0 Å². The van der Waals surface area contributed by atoms with E-state index in [1.54, 1.807) is 24.3 Å². The van der Waals surface area contributed by atoms with Gasteiger partial charge in [-0.1, -0.05) is 27.4 Å². The molecule has 1 amide bonds. The molecule has 3 aromatic rings. The van der Waals surface area contributed by atoms with Gasteiger partial charge in [0.05, 0.1) is 12.8 Å². The molecule has 1 heterocycles. The Kier molecular flexibility index (Phi) is 13.1. The van der Waals surface area contributed by atoms with Crippen molar-refractivity contribution in [3.05, 3.63) is 77.4 Å². The summed E-state index contributed by atoms with van der Waals surface area (Å²) in [6.45, 7) is 12.4. The third-order valence-electron chi connectivity index (χ3n) is 7.27. The summed E-state index contributed by atoms with van der Waals surface area (Å²) in [5.74, 6) is 0.546. The summed E-state index contributed by atoms with van der Waals surface area (Å²) >= 11 is 0. The zero-order chi connectivity index (χ0) is 32.2. The van der Waals surface area contributed by atoms with Crippen LogP contribution in [0.15, 0.2) is 49.2 Å². The van der Waals surface area contributed by atoms with E-state index < -0.39 is 5.82 Å². The van der Waals surface area contributed by atoms with E-state index in [4.69, 9.17) is 15.5 Å². The van der Waals surface area contributed by atoms with Gasteiger partial charge in [0.1, 0.15) is 0 Å². The normalized spacial score (nSPS) is 11.9. The Morgan fingerprint density at radius 2 is 1.95 bits per heavy atom. The third kappa shape index (κ3) is 10.3. The predicted molar refractivity (Wildman–Crippen MR) is 178 cm³/mol. The van der Waals surface area contributed by atoms with Gasteiger partial charge >= 0.3 is 0 Å². The maximum atomic E-state index is 13.8. The van der Waals surface area contributed by atoms with Crippen molar-refractivity contribution < 1.29 is 13.9 Å². The first-order valence-corrected chi connectivity index (χ1v) is 15.2. The Morgan fingerprint density at radius 3 is 2.64 bits per heavy atom. The molecule has 0 radical (unpaired) electrons. The van der Waals surface area contributed by atoms with Crippen molar-refractivity contribution in [2.45, 2.75) is 59.0 Å². The molecule has 1 unspecified atom stereocenters. The second-order valence-corrected chi connectivity index (χ2v) is 11.7. The highest BCUT2D eigenvalue weighted by molar-refractivity contribution is 5.96. The first kappa shape index (κ1) is 34.5. The highest BCUT2D eigenvalue weighted by Crippen LogP contribution is 2.24. The summed E-state index contributed by atoms with van der Waals surface area (Å²) in [5, 5.41) is 9.91. The van der Waals surface area contributed by atoms with Crippen molar-refractivity contribution in [1.29, 1.82) is 0 Å². The van der Waals surface area contributed by atoms with Gasteiger partial charge in [0.25, 0.3) is 5.91 Å². The first-order chi connectivity index (χ1) is 21.0. The lowest BCUT2D eigenvalue weighted by Crippen LogP contribution is -2.32. The first-order valence-electron chi connectivity index (χ1n) is 15.2. The number of nitrogens with one attached hydrogen (secondary N) is 3. The number of nitrogen functional groups attached to an aromatic ring is 1. The molecule has 0 aliphatic heterocycles. The van der Waals surface area contributed by atoms with Gasteiger partial charge in [-0.25, -0.2) is 14.4 Å². The molecular weight excluding hydrogens is 557 g/mol. The molecule has 0 saturated carbocycles. The minimum absolute atomic E-state index is 0.121. The lowest BCUT2D eigenvalue weighted by molar-refractivity contribution is 0.0952. The molecule has 2 aromatic carbocycles. The Bertz CT molecular complexity index is 1410. The van der Waals surface area contributed by atoms with Crippen molar-refractivity contribution in [2.24, 2.45) is 5.92 Å². The number of nitrogens with two attached hydrogens (primary N) is 1. The van der Waals surface area contributed by atoms with Gasteiger partial charge in [-0.15, -0.1) is 0 Å². The van der Waals surface area contributed by atoms with E-state index in [-0.39, 0.29) is 17.7 Å². The number of methoxy groups -OCH3 is 1. The number of likely N-dealkylation sites (N-methyl/N-ethyl adjacent to an activating group) is 1. The summed E-state index contributed by atoms with van der Waals surface area (Å²) in [7, 11) is 5.37. The van der Waals surface area contributed by atoms with Crippen LogP contribution in [0.25, 0.3) is 5.57 Å². The van der Waals surface area contributed by atoms with Crippen molar-refractivity contribution in [1.82, 2.24) is 25.5 Å². The molecule has 3 rings (SSSR count). The van der Waals surface area contributed by atoms with Gasteiger partial charge in [-0.2, -0.15) is 0 Å². The number of aryl methyl sites for hydroxylation is 1. The number of carbonyl (C=O) groups excluding carboxylic acids is 1. The van der Waals surface area contributed by atoms with E-state index in [0.717, 1.165) is 48.1 Å². The number of hydrogen-bond acceptors (Lipinski definition) is 8. The number of benzene rings is 2. The van der Waals surface area contributed by atoms with Gasteiger partial charge < -0.3 is 31.3 Å². The molecule has 0 aliphatic carbocycles. The Labute approximate surface area is 261 Å².